The Bertz CT molecular complexity index is 291. The zero-order valence-corrected chi connectivity index (χ0v) is 13.5. The molecule has 0 amide bonds. The summed E-state index contributed by atoms with van der Waals surface area (Å²) in [5, 5.41) is 0. The molecule has 6 nitrogen and oxygen atoms in total. The first-order chi connectivity index (χ1) is 6.51. The van der Waals surface area contributed by atoms with Crippen molar-refractivity contribution in [2.24, 2.45) is 11.5 Å². The molecule has 0 bridgehead atoms. The molecule has 1 saturated heterocycles. The Hall–Kier alpha value is 0.695. The molecule has 0 aliphatic carbocycles. The average molecular weight is 451 g/mol. The molecule has 1 aliphatic rings. The molecule has 1 heterocycles. The zero-order valence-electron chi connectivity index (χ0n) is 9.37. The van der Waals surface area contributed by atoms with E-state index in [1.807, 2.05) is 0 Å². The van der Waals surface area contributed by atoms with Crippen LogP contribution in [0.25, 0.3) is 0 Å². The summed E-state index contributed by atoms with van der Waals surface area (Å²) in [6.45, 7) is 4.80. The normalized spacial score (nSPS) is 28.4. The van der Waals surface area contributed by atoms with Crippen LogP contribution in [0.15, 0.2) is 0 Å². The van der Waals surface area contributed by atoms with Gasteiger partial charge >= 0.3 is 10.4 Å². The van der Waals surface area contributed by atoms with Crippen LogP contribution < -0.4 is 11.5 Å². The standard InChI is InChI=1S/C7H18N2Si.H2O4S.Pt/c1-10(2)4-3-6(8)7(9)5-10;1-5(2,3)4;/h6-7H,3-5,8-9H2,1-2H3;(H2,1,2,3,4);/t6-,7-;;/m1../s1. The van der Waals surface area contributed by atoms with Crippen LogP contribution in [0.2, 0.25) is 25.2 Å². The van der Waals surface area contributed by atoms with E-state index in [9.17, 15) is 0 Å². The van der Waals surface area contributed by atoms with Gasteiger partial charge in [-0.05, 0) is 12.5 Å². The monoisotopic (exact) mass is 451 g/mol. The molecule has 0 aromatic rings. The van der Waals surface area contributed by atoms with Crippen molar-refractivity contribution in [1.82, 2.24) is 0 Å². The molecule has 16 heavy (non-hydrogen) atoms. The van der Waals surface area contributed by atoms with Gasteiger partial charge in [-0.3, -0.25) is 9.11 Å². The van der Waals surface area contributed by atoms with E-state index in [2.05, 4.69) is 13.1 Å². The van der Waals surface area contributed by atoms with Gasteiger partial charge in [-0.1, -0.05) is 19.1 Å². The predicted molar refractivity (Wildman–Crippen MR) is 61.8 cm³/mol. The number of hydrogen-bond donors (Lipinski definition) is 4. The van der Waals surface area contributed by atoms with E-state index in [-0.39, 0.29) is 33.1 Å². The summed E-state index contributed by atoms with van der Waals surface area (Å²) in [6.07, 6.45) is 1.15. The molecule has 2 atom stereocenters. The van der Waals surface area contributed by atoms with Gasteiger partial charge in [-0.15, -0.1) is 0 Å². The van der Waals surface area contributed by atoms with Crippen molar-refractivity contribution in [3.63, 3.8) is 0 Å². The third-order valence-electron chi connectivity index (χ3n) is 2.49. The summed E-state index contributed by atoms with van der Waals surface area (Å²) in [4.78, 5) is 0. The van der Waals surface area contributed by atoms with E-state index < -0.39 is 18.5 Å². The Morgan fingerprint density at radius 3 is 1.81 bits per heavy atom. The van der Waals surface area contributed by atoms with E-state index in [1.54, 1.807) is 0 Å². The fraction of sp³-hybridized carbons (Fsp3) is 1.00. The molecule has 6 N–H and O–H groups in total. The SMILES string of the molecule is C[Si]1(C)CC[C@@H](N)[C@H](N)C1.O=S(=O)(O)O.[Pt]. The maximum Gasteiger partial charge on any atom is 0.394 e. The van der Waals surface area contributed by atoms with Gasteiger partial charge in [0.1, 0.15) is 0 Å². The smallest absolute Gasteiger partial charge is 0.327 e. The van der Waals surface area contributed by atoms with Crippen molar-refractivity contribution in [1.29, 1.82) is 0 Å². The second-order valence-corrected chi connectivity index (χ2v) is 10.8. The van der Waals surface area contributed by atoms with E-state index in [4.69, 9.17) is 29.0 Å². The number of nitrogens with two attached hydrogens (primary N) is 2. The zero-order chi connectivity index (χ0) is 12.3. The van der Waals surface area contributed by atoms with Crippen LogP contribution in [0.3, 0.4) is 0 Å². The van der Waals surface area contributed by atoms with Crippen LogP contribution in [0, 0.1) is 0 Å². The molecule has 0 spiro atoms. The van der Waals surface area contributed by atoms with E-state index in [0.717, 1.165) is 6.42 Å². The largest absolute Gasteiger partial charge is 0.394 e. The van der Waals surface area contributed by atoms with Crippen LogP contribution in [-0.4, -0.2) is 37.7 Å². The third-order valence-corrected chi connectivity index (χ3v) is 5.71. The Labute approximate surface area is 112 Å². The molecule has 0 radical (unpaired) electrons. The minimum atomic E-state index is -4.67. The predicted octanol–water partition coefficient (Wildman–Crippen LogP) is 0.0978. The van der Waals surface area contributed by atoms with Gasteiger partial charge in [0.15, 0.2) is 0 Å². The summed E-state index contributed by atoms with van der Waals surface area (Å²) < 4.78 is 31.6. The van der Waals surface area contributed by atoms with Gasteiger partial charge in [-0.2, -0.15) is 8.42 Å². The van der Waals surface area contributed by atoms with E-state index in [0.29, 0.717) is 0 Å². The van der Waals surface area contributed by atoms with Crippen LogP contribution >= 0.6 is 0 Å². The summed E-state index contributed by atoms with van der Waals surface area (Å²) in [5.41, 5.74) is 11.7. The second kappa shape index (κ2) is 7.20. The Morgan fingerprint density at radius 1 is 1.19 bits per heavy atom. The molecule has 9 heteroatoms. The van der Waals surface area contributed by atoms with Crippen LogP contribution in [0.5, 0.6) is 0 Å². The van der Waals surface area contributed by atoms with Crippen LogP contribution in [0.4, 0.5) is 0 Å². The van der Waals surface area contributed by atoms with Crippen LogP contribution in [0.1, 0.15) is 6.42 Å². The van der Waals surface area contributed by atoms with Gasteiger partial charge in [0.2, 0.25) is 0 Å². The molecule has 0 unspecified atom stereocenters. The van der Waals surface area contributed by atoms with Crippen molar-refractivity contribution >= 4 is 18.5 Å². The topological polar surface area (TPSA) is 127 Å². The van der Waals surface area contributed by atoms with Crippen molar-refractivity contribution in [3.8, 4) is 0 Å². The first kappa shape index (κ1) is 19.0. The number of hydrogen-bond acceptors (Lipinski definition) is 4. The maximum atomic E-state index is 8.74. The Balaban J connectivity index is 0. The summed E-state index contributed by atoms with van der Waals surface area (Å²) in [6, 6.07) is 3.15. The van der Waals surface area contributed by atoms with Crippen molar-refractivity contribution in [2.45, 2.75) is 43.7 Å². The fourth-order valence-electron chi connectivity index (χ4n) is 1.66. The molecule has 0 saturated carbocycles. The fourth-order valence-corrected chi connectivity index (χ4v) is 4.56. The van der Waals surface area contributed by atoms with Gasteiger partial charge in [0.25, 0.3) is 0 Å². The summed E-state index contributed by atoms with van der Waals surface area (Å²) in [7, 11) is -5.57. The van der Waals surface area contributed by atoms with Gasteiger partial charge in [0.05, 0.1) is 0 Å². The molecule has 1 fully saturated rings. The van der Waals surface area contributed by atoms with E-state index >= 15 is 0 Å². The quantitative estimate of drug-likeness (QED) is 0.306. The van der Waals surface area contributed by atoms with Gasteiger partial charge < -0.3 is 11.5 Å². The molecule has 0 aromatic heterocycles. The molecular weight excluding hydrogens is 431 g/mol. The van der Waals surface area contributed by atoms with Crippen molar-refractivity contribution < 1.29 is 38.6 Å². The number of rotatable bonds is 0. The first-order valence-corrected chi connectivity index (χ1v) is 9.53. The second-order valence-electron chi connectivity index (χ2n) is 4.68. The van der Waals surface area contributed by atoms with E-state index in [1.165, 1.54) is 12.1 Å². The third kappa shape index (κ3) is 11.2. The minimum absolute atomic E-state index is 0. The molecule has 1 aliphatic heterocycles. The van der Waals surface area contributed by atoms with Crippen LogP contribution in [-0.2, 0) is 31.5 Å². The van der Waals surface area contributed by atoms with Gasteiger partial charge in [-0.25, -0.2) is 0 Å². The first-order valence-electron chi connectivity index (χ1n) is 4.72. The van der Waals surface area contributed by atoms with Gasteiger partial charge in [0, 0.05) is 41.2 Å². The molecule has 0 aromatic carbocycles. The minimum Gasteiger partial charge on any atom is -0.327 e. The van der Waals surface area contributed by atoms with Crippen molar-refractivity contribution in [2.75, 3.05) is 0 Å². The summed E-state index contributed by atoms with van der Waals surface area (Å²) in [5.74, 6) is 0. The average Bonchev–Trinajstić information content (AvgIpc) is 1.93. The molecule has 1 rings (SSSR count). The Kier molecular flexibility index (Phi) is 8.57. The maximum absolute atomic E-state index is 8.74. The summed E-state index contributed by atoms with van der Waals surface area (Å²) >= 11 is 0. The van der Waals surface area contributed by atoms with Crippen molar-refractivity contribution in [3.05, 3.63) is 0 Å². The Morgan fingerprint density at radius 2 is 1.56 bits per heavy atom. The molecule has 102 valence electrons. The molecular formula is C7H20N2O4PtSSi.